The lowest BCUT2D eigenvalue weighted by Crippen LogP contribution is -2.37. The molecule has 0 aromatic heterocycles. The fourth-order valence-electron chi connectivity index (χ4n) is 2.12. The van der Waals surface area contributed by atoms with Gasteiger partial charge in [-0.15, -0.1) is 0 Å². The van der Waals surface area contributed by atoms with E-state index in [2.05, 4.69) is 20.0 Å². The van der Waals surface area contributed by atoms with Crippen LogP contribution in [0.25, 0.3) is 0 Å². The van der Waals surface area contributed by atoms with Crippen LogP contribution in [0, 0.1) is 5.92 Å². The smallest absolute Gasteiger partial charge is 0.189 e. The summed E-state index contributed by atoms with van der Waals surface area (Å²) in [5.41, 5.74) is 0.915. The molecule has 1 saturated carbocycles. The first-order chi connectivity index (χ1) is 5.56. The van der Waals surface area contributed by atoms with Gasteiger partial charge in [-0.1, -0.05) is 32.6 Å². The van der Waals surface area contributed by atoms with Crippen LogP contribution in [0.2, 0.25) is 18.6 Å². The van der Waals surface area contributed by atoms with Gasteiger partial charge in [0.15, 0.2) is 8.32 Å². The minimum atomic E-state index is -1.31. The maximum atomic E-state index is 5.65. The van der Waals surface area contributed by atoms with Crippen molar-refractivity contribution < 1.29 is 4.43 Å². The van der Waals surface area contributed by atoms with Crippen molar-refractivity contribution in [1.82, 2.24) is 0 Å². The molecule has 0 aromatic rings. The number of rotatable bonds is 2. The summed E-state index contributed by atoms with van der Waals surface area (Å²) >= 11 is 0. The highest BCUT2D eigenvalue weighted by atomic mass is 28.4. The van der Waals surface area contributed by atoms with E-state index in [0.717, 1.165) is 11.5 Å². The van der Waals surface area contributed by atoms with Crippen LogP contribution in [0.15, 0.2) is 0 Å². The third kappa shape index (κ3) is 2.33. The SMILES string of the molecule is CO[Si](C)(C)C1CCC(C)CC1. The Morgan fingerprint density at radius 2 is 1.58 bits per heavy atom. The molecule has 12 heavy (non-hydrogen) atoms. The zero-order chi connectivity index (χ0) is 9.19. The van der Waals surface area contributed by atoms with E-state index in [1.807, 2.05) is 7.11 Å². The van der Waals surface area contributed by atoms with Crippen molar-refractivity contribution in [3.8, 4) is 0 Å². The first kappa shape index (κ1) is 10.3. The fourth-order valence-corrected chi connectivity index (χ4v) is 4.18. The van der Waals surface area contributed by atoms with Crippen molar-refractivity contribution in [3.05, 3.63) is 0 Å². The summed E-state index contributed by atoms with van der Waals surface area (Å²) < 4.78 is 5.65. The fraction of sp³-hybridized carbons (Fsp3) is 1.00. The van der Waals surface area contributed by atoms with Crippen molar-refractivity contribution in [3.63, 3.8) is 0 Å². The summed E-state index contributed by atoms with van der Waals surface area (Å²) in [4.78, 5) is 0. The van der Waals surface area contributed by atoms with Gasteiger partial charge in [0.05, 0.1) is 0 Å². The van der Waals surface area contributed by atoms with Crippen molar-refractivity contribution in [2.24, 2.45) is 5.92 Å². The molecule has 0 aliphatic heterocycles. The van der Waals surface area contributed by atoms with Crippen LogP contribution in [0.4, 0.5) is 0 Å². The van der Waals surface area contributed by atoms with Gasteiger partial charge in [0.2, 0.25) is 0 Å². The van der Waals surface area contributed by atoms with Crippen LogP contribution in [-0.4, -0.2) is 15.4 Å². The molecule has 0 aromatic carbocycles. The first-order valence-corrected chi connectivity index (χ1v) is 8.10. The molecule has 0 heterocycles. The van der Waals surface area contributed by atoms with E-state index in [9.17, 15) is 0 Å². The van der Waals surface area contributed by atoms with Gasteiger partial charge in [0.1, 0.15) is 0 Å². The van der Waals surface area contributed by atoms with Crippen LogP contribution < -0.4 is 0 Å². The van der Waals surface area contributed by atoms with Crippen LogP contribution in [0.3, 0.4) is 0 Å². The van der Waals surface area contributed by atoms with Crippen molar-refractivity contribution in [2.45, 2.75) is 51.2 Å². The van der Waals surface area contributed by atoms with Gasteiger partial charge in [-0.05, 0) is 24.6 Å². The lowest BCUT2D eigenvalue weighted by molar-refractivity contribution is 0.329. The highest BCUT2D eigenvalue weighted by molar-refractivity contribution is 6.72. The van der Waals surface area contributed by atoms with Gasteiger partial charge in [-0.25, -0.2) is 0 Å². The van der Waals surface area contributed by atoms with Gasteiger partial charge in [-0.3, -0.25) is 0 Å². The molecule has 0 unspecified atom stereocenters. The van der Waals surface area contributed by atoms with Crippen LogP contribution in [0.5, 0.6) is 0 Å². The molecule has 1 nitrogen and oxygen atoms in total. The summed E-state index contributed by atoms with van der Waals surface area (Å²) in [6.45, 7) is 7.08. The van der Waals surface area contributed by atoms with E-state index in [1.165, 1.54) is 25.7 Å². The highest BCUT2D eigenvalue weighted by Crippen LogP contribution is 2.39. The van der Waals surface area contributed by atoms with E-state index in [4.69, 9.17) is 4.43 Å². The molecule has 0 saturated heterocycles. The maximum absolute atomic E-state index is 5.65. The molecule has 72 valence electrons. The van der Waals surface area contributed by atoms with E-state index >= 15 is 0 Å². The second kappa shape index (κ2) is 3.92. The predicted molar refractivity (Wildman–Crippen MR) is 55.9 cm³/mol. The molecule has 0 spiro atoms. The molecule has 1 rings (SSSR count). The summed E-state index contributed by atoms with van der Waals surface area (Å²) in [5, 5.41) is 0. The monoisotopic (exact) mass is 186 g/mol. The average Bonchev–Trinajstić information content (AvgIpc) is 2.05. The van der Waals surface area contributed by atoms with Crippen molar-refractivity contribution in [2.75, 3.05) is 7.11 Å². The molecule has 1 fully saturated rings. The third-order valence-electron chi connectivity index (χ3n) is 3.53. The molecule has 0 radical (unpaired) electrons. The van der Waals surface area contributed by atoms with Gasteiger partial charge >= 0.3 is 0 Å². The lowest BCUT2D eigenvalue weighted by Gasteiger charge is -2.35. The van der Waals surface area contributed by atoms with E-state index in [1.54, 1.807) is 0 Å². The van der Waals surface area contributed by atoms with Crippen molar-refractivity contribution in [1.29, 1.82) is 0 Å². The Morgan fingerprint density at radius 3 is 2.00 bits per heavy atom. The molecular weight excluding hydrogens is 164 g/mol. The van der Waals surface area contributed by atoms with Gasteiger partial charge in [-0.2, -0.15) is 0 Å². The topological polar surface area (TPSA) is 9.23 Å². The van der Waals surface area contributed by atoms with Gasteiger partial charge in [0, 0.05) is 7.11 Å². The quantitative estimate of drug-likeness (QED) is 0.600. The summed E-state index contributed by atoms with van der Waals surface area (Å²) in [6.07, 6.45) is 5.66. The Balaban J connectivity index is 2.44. The highest BCUT2D eigenvalue weighted by Gasteiger charge is 2.34. The Morgan fingerprint density at radius 1 is 1.08 bits per heavy atom. The van der Waals surface area contributed by atoms with E-state index in [0.29, 0.717) is 0 Å². The lowest BCUT2D eigenvalue weighted by atomic mass is 9.90. The molecule has 2 heteroatoms. The third-order valence-corrected chi connectivity index (χ3v) is 7.12. The molecule has 0 bridgehead atoms. The largest absolute Gasteiger partial charge is 0.420 e. The van der Waals surface area contributed by atoms with E-state index in [-0.39, 0.29) is 0 Å². The van der Waals surface area contributed by atoms with Crippen LogP contribution in [-0.2, 0) is 4.43 Å². The van der Waals surface area contributed by atoms with Gasteiger partial charge < -0.3 is 4.43 Å². The average molecular weight is 186 g/mol. The Bertz CT molecular complexity index is 137. The zero-order valence-corrected chi connectivity index (χ0v) is 9.89. The molecule has 0 amide bonds. The van der Waals surface area contributed by atoms with E-state index < -0.39 is 8.32 Å². The summed E-state index contributed by atoms with van der Waals surface area (Å²) in [5.74, 6) is 0.961. The molecule has 0 atom stereocenters. The minimum absolute atomic E-state index is 0.915. The second-order valence-corrected chi connectivity index (χ2v) is 9.20. The molecule has 1 aliphatic rings. The molecular formula is C10H22OSi. The molecule has 0 N–H and O–H groups in total. The zero-order valence-electron chi connectivity index (χ0n) is 8.89. The maximum Gasteiger partial charge on any atom is 0.189 e. The number of hydrogen-bond acceptors (Lipinski definition) is 1. The standard InChI is InChI=1S/C10H22OSi/c1-9-5-7-10(8-6-9)12(3,4)11-2/h9-10H,5-8H2,1-4H3. The Labute approximate surface area is 77.6 Å². The normalized spacial score (nSPS) is 32.0. The molecule has 1 aliphatic carbocycles. The first-order valence-electron chi connectivity index (χ1n) is 5.11. The summed E-state index contributed by atoms with van der Waals surface area (Å²) in [6, 6.07) is 0. The van der Waals surface area contributed by atoms with Crippen molar-refractivity contribution >= 4 is 8.32 Å². The van der Waals surface area contributed by atoms with Gasteiger partial charge in [0.25, 0.3) is 0 Å². The minimum Gasteiger partial charge on any atom is -0.420 e. The summed E-state index contributed by atoms with van der Waals surface area (Å²) in [7, 11) is 0.587. The Kier molecular flexibility index (Phi) is 3.35. The number of hydrogen-bond donors (Lipinski definition) is 0. The van der Waals surface area contributed by atoms with Crippen LogP contribution >= 0.6 is 0 Å². The van der Waals surface area contributed by atoms with Crippen LogP contribution in [0.1, 0.15) is 32.6 Å². The second-order valence-electron chi connectivity index (χ2n) is 4.76. The predicted octanol–water partition coefficient (Wildman–Crippen LogP) is 3.42. The Hall–Kier alpha value is 0.177.